The van der Waals surface area contributed by atoms with Gasteiger partial charge in [-0.2, -0.15) is 9.57 Å². The van der Waals surface area contributed by atoms with Crippen LogP contribution in [0.15, 0.2) is 59.5 Å². The van der Waals surface area contributed by atoms with Crippen LogP contribution in [0.4, 0.5) is 4.79 Å². The van der Waals surface area contributed by atoms with Gasteiger partial charge in [0, 0.05) is 25.9 Å². The Labute approximate surface area is 230 Å². The third-order valence-corrected chi connectivity index (χ3v) is 8.64. The van der Waals surface area contributed by atoms with Crippen LogP contribution < -0.4 is 5.32 Å². The molecular formula is C28H37N3O7S. The molecule has 0 aliphatic carbocycles. The first-order valence-corrected chi connectivity index (χ1v) is 14.6. The van der Waals surface area contributed by atoms with Crippen molar-refractivity contribution in [2.45, 2.75) is 62.2 Å². The topological polar surface area (TPSA) is 149 Å². The van der Waals surface area contributed by atoms with E-state index in [0.29, 0.717) is 32.5 Å². The van der Waals surface area contributed by atoms with Gasteiger partial charge in [-0.25, -0.2) is 13.2 Å². The van der Waals surface area contributed by atoms with E-state index in [0.717, 1.165) is 5.56 Å². The Bertz CT molecular complexity index is 1180. The fourth-order valence-corrected chi connectivity index (χ4v) is 5.98. The number of aromatic hydroxyl groups is 1. The maximum atomic E-state index is 13.7. The summed E-state index contributed by atoms with van der Waals surface area (Å²) in [4.78, 5) is 12.7. The number of aliphatic hydroxyl groups is 1. The van der Waals surface area contributed by atoms with Gasteiger partial charge in [0.25, 0.3) is 0 Å². The van der Waals surface area contributed by atoms with Crippen molar-refractivity contribution in [3.63, 3.8) is 0 Å². The number of phenols is 1. The number of phenolic OH excluding ortho intramolecular Hbond substituents is 1. The molecule has 1 aliphatic rings. The molecule has 0 radical (unpaired) electrons. The van der Waals surface area contributed by atoms with E-state index in [1.807, 2.05) is 37.3 Å². The number of benzene rings is 2. The first-order chi connectivity index (χ1) is 18.7. The average molecular weight is 560 g/mol. The highest BCUT2D eigenvalue weighted by Crippen LogP contribution is 2.23. The van der Waals surface area contributed by atoms with Crippen LogP contribution in [0.2, 0.25) is 0 Å². The van der Waals surface area contributed by atoms with Crippen LogP contribution in [0.3, 0.4) is 0 Å². The molecule has 1 heterocycles. The van der Waals surface area contributed by atoms with Gasteiger partial charge in [0.1, 0.15) is 11.9 Å². The van der Waals surface area contributed by atoms with E-state index in [1.54, 1.807) is 0 Å². The zero-order chi connectivity index (χ0) is 28.3. The third-order valence-electron chi connectivity index (χ3n) is 6.80. The van der Waals surface area contributed by atoms with Crippen LogP contribution in [-0.4, -0.2) is 73.6 Å². The van der Waals surface area contributed by atoms with Crippen LogP contribution in [0.5, 0.6) is 5.75 Å². The molecule has 212 valence electrons. The molecule has 1 fully saturated rings. The van der Waals surface area contributed by atoms with Crippen molar-refractivity contribution in [2.24, 2.45) is 5.92 Å². The first-order valence-electron chi connectivity index (χ1n) is 13.2. The number of aliphatic hydroxyl groups excluding tert-OH is 1. The monoisotopic (exact) mass is 559 g/mol. The number of rotatable bonds is 14. The minimum Gasteiger partial charge on any atom is -0.508 e. The number of amides is 1. The number of nitrogens with one attached hydrogen (secondary N) is 1. The van der Waals surface area contributed by atoms with Gasteiger partial charge < -0.3 is 25.0 Å². The van der Waals surface area contributed by atoms with E-state index in [2.05, 4.69) is 11.4 Å². The average Bonchev–Trinajstić information content (AvgIpc) is 3.43. The fourth-order valence-electron chi connectivity index (χ4n) is 4.45. The standard InChI is InChI=1S/C28H37N3O7S/c1-2-21(9-6-15-29)18-31(39(35,36)25-12-10-23(32)11-13-25)19-27(33)26(17-22-7-4-3-5-8-22)30-28(34)38-24-14-16-37-20-24/h3-5,7-8,10-13,21,24,26-27,32-33H,2,6,9,14,16-20H2,1H3,(H,30,34)/t21?,24?,26-,27+/m0/s1. The van der Waals surface area contributed by atoms with E-state index < -0.39 is 28.3 Å². The van der Waals surface area contributed by atoms with E-state index >= 15 is 0 Å². The maximum absolute atomic E-state index is 13.7. The molecule has 3 rings (SSSR count). The summed E-state index contributed by atoms with van der Waals surface area (Å²) in [7, 11) is -4.08. The smallest absolute Gasteiger partial charge is 0.407 e. The Morgan fingerprint density at radius 1 is 1.21 bits per heavy atom. The van der Waals surface area contributed by atoms with E-state index in [1.165, 1.54) is 28.6 Å². The van der Waals surface area contributed by atoms with Gasteiger partial charge in [-0.05, 0) is 48.6 Å². The molecule has 2 aromatic rings. The van der Waals surface area contributed by atoms with E-state index in [4.69, 9.17) is 14.7 Å². The normalized spacial score (nSPS) is 17.7. The molecule has 0 spiro atoms. The summed E-state index contributed by atoms with van der Waals surface area (Å²) in [6, 6.07) is 15.7. The lowest BCUT2D eigenvalue weighted by Gasteiger charge is -2.31. The number of carbonyl (C=O) groups is 1. The SMILES string of the molecule is CCC(CCC#N)CN(C[C@@H](O)[C@H](Cc1ccccc1)NC(=O)OC1CCOC1)S(=O)(=O)c1ccc(O)cc1. The molecule has 4 atom stereocenters. The Hall–Kier alpha value is -3.17. The molecular weight excluding hydrogens is 522 g/mol. The Morgan fingerprint density at radius 2 is 1.92 bits per heavy atom. The molecule has 0 saturated carbocycles. The number of hydrogen-bond donors (Lipinski definition) is 3. The summed E-state index contributed by atoms with van der Waals surface area (Å²) < 4.78 is 39.3. The van der Waals surface area contributed by atoms with Crippen LogP contribution in [-0.2, 0) is 25.9 Å². The summed E-state index contributed by atoms with van der Waals surface area (Å²) >= 11 is 0. The van der Waals surface area contributed by atoms with Gasteiger partial charge in [-0.3, -0.25) is 0 Å². The molecule has 11 heteroatoms. The summed E-state index contributed by atoms with van der Waals surface area (Å²) in [5.74, 6) is -0.184. The highest BCUT2D eigenvalue weighted by molar-refractivity contribution is 7.89. The van der Waals surface area contributed by atoms with Crippen molar-refractivity contribution in [3.8, 4) is 11.8 Å². The van der Waals surface area contributed by atoms with Gasteiger partial charge >= 0.3 is 6.09 Å². The van der Waals surface area contributed by atoms with Crippen LogP contribution in [0.25, 0.3) is 0 Å². The number of carbonyl (C=O) groups excluding carboxylic acids is 1. The van der Waals surface area contributed by atoms with E-state index in [-0.39, 0.29) is 48.6 Å². The van der Waals surface area contributed by atoms with E-state index in [9.17, 15) is 23.4 Å². The van der Waals surface area contributed by atoms with Crippen molar-refractivity contribution >= 4 is 16.1 Å². The Balaban J connectivity index is 1.85. The van der Waals surface area contributed by atoms with Gasteiger partial charge in [0.15, 0.2) is 0 Å². The second kappa shape index (κ2) is 14.8. The summed E-state index contributed by atoms with van der Waals surface area (Å²) in [5, 5.41) is 32.8. The van der Waals surface area contributed by atoms with Gasteiger partial charge in [0.05, 0.1) is 36.3 Å². The quantitative estimate of drug-likeness (QED) is 0.319. The number of nitrogens with zero attached hydrogens (tertiary/aromatic N) is 2. The highest BCUT2D eigenvalue weighted by Gasteiger charge is 2.33. The minimum absolute atomic E-state index is 0.0316. The lowest BCUT2D eigenvalue weighted by molar-refractivity contribution is 0.0640. The van der Waals surface area contributed by atoms with Crippen molar-refractivity contribution in [3.05, 3.63) is 60.2 Å². The predicted octanol–water partition coefficient (Wildman–Crippen LogP) is 3.20. The highest BCUT2D eigenvalue weighted by atomic mass is 32.2. The van der Waals surface area contributed by atoms with Crippen molar-refractivity contribution in [1.29, 1.82) is 5.26 Å². The lowest BCUT2D eigenvalue weighted by Crippen LogP contribution is -2.51. The second-order valence-electron chi connectivity index (χ2n) is 9.69. The van der Waals surface area contributed by atoms with Crippen LogP contribution in [0, 0.1) is 17.2 Å². The molecule has 3 N–H and O–H groups in total. The van der Waals surface area contributed by atoms with Crippen molar-refractivity contribution < 1.29 is 32.9 Å². The zero-order valence-electron chi connectivity index (χ0n) is 22.1. The molecule has 1 saturated heterocycles. The third kappa shape index (κ3) is 9.21. The molecule has 2 aromatic carbocycles. The van der Waals surface area contributed by atoms with Crippen molar-refractivity contribution in [1.82, 2.24) is 9.62 Å². The van der Waals surface area contributed by atoms with Crippen LogP contribution >= 0.6 is 0 Å². The van der Waals surface area contributed by atoms with Crippen LogP contribution in [0.1, 0.15) is 38.2 Å². The van der Waals surface area contributed by atoms with Crippen molar-refractivity contribution in [2.75, 3.05) is 26.3 Å². The molecule has 39 heavy (non-hydrogen) atoms. The molecule has 10 nitrogen and oxygen atoms in total. The minimum atomic E-state index is -4.08. The fraction of sp³-hybridized carbons (Fsp3) is 0.500. The Kier molecular flexibility index (Phi) is 11.6. The first kappa shape index (κ1) is 30.4. The number of hydrogen-bond acceptors (Lipinski definition) is 8. The maximum Gasteiger partial charge on any atom is 0.407 e. The van der Waals surface area contributed by atoms with Gasteiger partial charge in [0.2, 0.25) is 10.0 Å². The largest absolute Gasteiger partial charge is 0.508 e. The van der Waals surface area contributed by atoms with Gasteiger partial charge in [-0.1, -0.05) is 43.7 Å². The molecule has 0 aromatic heterocycles. The number of sulfonamides is 1. The molecule has 2 unspecified atom stereocenters. The molecule has 1 aliphatic heterocycles. The summed E-state index contributed by atoms with van der Waals surface area (Å²) in [6.07, 6.45) is -0.111. The molecule has 0 bridgehead atoms. The second-order valence-corrected chi connectivity index (χ2v) is 11.6. The number of nitriles is 1. The lowest BCUT2D eigenvalue weighted by atomic mass is 9.99. The number of ether oxygens (including phenoxy) is 2. The summed E-state index contributed by atoms with van der Waals surface area (Å²) in [6.45, 7) is 2.52. The summed E-state index contributed by atoms with van der Waals surface area (Å²) in [5.41, 5.74) is 0.847. The molecule has 1 amide bonds. The Morgan fingerprint density at radius 3 is 2.54 bits per heavy atom. The zero-order valence-corrected chi connectivity index (χ0v) is 22.9. The predicted molar refractivity (Wildman–Crippen MR) is 144 cm³/mol. The number of alkyl carbamates (subject to hydrolysis) is 1. The van der Waals surface area contributed by atoms with Gasteiger partial charge in [-0.15, -0.1) is 0 Å².